The molecule has 2 aromatic heterocycles. The van der Waals surface area contributed by atoms with Crippen molar-refractivity contribution in [1.29, 1.82) is 0 Å². The Morgan fingerprint density at radius 3 is 2.57 bits per heavy atom. The third-order valence-corrected chi connectivity index (χ3v) is 8.48. The van der Waals surface area contributed by atoms with E-state index >= 15 is 0 Å². The molecule has 0 saturated carbocycles. The molecule has 0 spiro atoms. The van der Waals surface area contributed by atoms with Gasteiger partial charge in [0.15, 0.2) is 0 Å². The van der Waals surface area contributed by atoms with E-state index in [2.05, 4.69) is 20.2 Å². The summed E-state index contributed by atoms with van der Waals surface area (Å²) >= 11 is 0. The fourth-order valence-electron chi connectivity index (χ4n) is 4.59. The Kier molecular flexibility index (Phi) is 6.72. The van der Waals surface area contributed by atoms with E-state index in [1.165, 1.54) is 17.1 Å². The lowest BCUT2D eigenvalue weighted by Gasteiger charge is -2.26. The Morgan fingerprint density at radius 2 is 1.86 bits per heavy atom. The largest absolute Gasteiger partial charge is 0.379 e. The topological polar surface area (TPSA) is 110 Å². The molecule has 0 atom stereocenters. The second kappa shape index (κ2) is 9.92. The van der Waals surface area contributed by atoms with E-state index in [9.17, 15) is 13.2 Å². The highest BCUT2D eigenvalue weighted by molar-refractivity contribution is 7.89. The van der Waals surface area contributed by atoms with E-state index in [4.69, 9.17) is 4.74 Å². The number of nitrogens with zero attached hydrogens (tertiary/aromatic N) is 5. The maximum atomic E-state index is 13.0. The molecule has 0 aliphatic carbocycles. The summed E-state index contributed by atoms with van der Waals surface area (Å²) in [5.74, 6) is 1.54. The maximum Gasteiger partial charge on any atom is 0.243 e. The van der Waals surface area contributed by atoms with Crippen LogP contribution in [-0.2, 0) is 33.0 Å². The molecule has 186 valence electrons. The van der Waals surface area contributed by atoms with Crippen molar-refractivity contribution in [2.24, 2.45) is 7.05 Å². The van der Waals surface area contributed by atoms with Crippen LogP contribution in [0.1, 0.15) is 25.1 Å². The summed E-state index contributed by atoms with van der Waals surface area (Å²) < 4.78 is 34.6. The first kappa shape index (κ1) is 23.7. The monoisotopic (exact) mass is 498 g/mol. The predicted molar refractivity (Wildman–Crippen MR) is 133 cm³/mol. The molecule has 2 aliphatic heterocycles. The number of benzene rings is 1. The molecule has 0 radical (unpaired) electrons. The standard InChI is InChI=1S/C24H30N6O4S/c1-28-21-6-5-19(35(32,33)30-12-14-34-15-13-30)16-20(21)27-23(28)8-9-24(31)26-18-4-7-22(25-17-18)29-10-2-3-11-29/h4-7,16-17H,2-3,8-15H2,1H3,(H,26,31). The minimum Gasteiger partial charge on any atom is -0.379 e. The molecule has 1 aromatic carbocycles. The number of sulfonamides is 1. The van der Waals surface area contributed by atoms with Gasteiger partial charge < -0.3 is 19.5 Å². The van der Waals surface area contributed by atoms with Crippen LogP contribution >= 0.6 is 0 Å². The van der Waals surface area contributed by atoms with Gasteiger partial charge in [0.05, 0.1) is 41.0 Å². The molecule has 2 fully saturated rings. The third-order valence-electron chi connectivity index (χ3n) is 6.59. The number of ether oxygens (including phenoxy) is 1. The van der Waals surface area contributed by atoms with Gasteiger partial charge in [-0.15, -0.1) is 0 Å². The van der Waals surface area contributed by atoms with Crippen LogP contribution in [0.2, 0.25) is 0 Å². The van der Waals surface area contributed by atoms with Crippen molar-refractivity contribution in [2.45, 2.75) is 30.6 Å². The van der Waals surface area contributed by atoms with Crippen LogP contribution in [0.4, 0.5) is 11.5 Å². The van der Waals surface area contributed by atoms with E-state index in [1.54, 1.807) is 24.4 Å². The molecule has 1 amide bonds. The van der Waals surface area contributed by atoms with Crippen molar-refractivity contribution in [2.75, 3.05) is 49.6 Å². The molecule has 2 saturated heterocycles. The SMILES string of the molecule is Cn1c(CCC(=O)Nc2ccc(N3CCCC3)nc2)nc2cc(S(=O)(=O)N3CCOCC3)ccc21. The van der Waals surface area contributed by atoms with Gasteiger partial charge in [-0.05, 0) is 43.2 Å². The third kappa shape index (κ3) is 5.02. The van der Waals surface area contributed by atoms with Gasteiger partial charge in [0, 0.05) is 46.1 Å². The zero-order valence-electron chi connectivity index (χ0n) is 19.8. The van der Waals surface area contributed by atoms with Crippen molar-refractivity contribution in [3.05, 3.63) is 42.4 Å². The van der Waals surface area contributed by atoms with Crippen LogP contribution in [0.3, 0.4) is 0 Å². The number of rotatable bonds is 7. The second-order valence-electron chi connectivity index (χ2n) is 8.90. The van der Waals surface area contributed by atoms with Crippen LogP contribution in [0.15, 0.2) is 41.4 Å². The average molecular weight is 499 g/mol. The molecule has 3 aromatic rings. The highest BCUT2D eigenvalue weighted by atomic mass is 32.2. The number of aromatic nitrogens is 3. The number of hydrogen-bond donors (Lipinski definition) is 1. The van der Waals surface area contributed by atoms with Crippen molar-refractivity contribution < 1.29 is 17.9 Å². The molecule has 10 nitrogen and oxygen atoms in total. The van der Waals surface area contributed by atoms with E-state index < -0.39 is 10.0 Å². The molecule has 5 rings (SSSR count). The quantitative estimate of drug-likeness (QED) is 0.532. The zero-order valence-corrected chi connectivity index (χ0v) is 20.6. The summed E-state index contributed by atoms with van der Waals surface area (Å²) in [7, 11) is -1.72. The van der Waals surface area contributed by atoms with Crippen LogP contribution in [0.25, 0.3) is 11.0 Å². The number of carbonyl (C=O) groups excluding carboxylic acids is 1. The molecule has 35 heavy (non-hydrogen) atoms. The highest BCUT2D eigenvalue weighted by Gasteiger charge is 2.27. The number of carbonyl (C=O) groups is 1. The lowest BCUT2D eigenvalue weighted by atomic mass is 10.2. The van der Waals surface area contributed by atoms with Crippen molar-refractivity contribution in [3.63, 3.8) is 0 Å². The summed E-state index contributed by atoms with van der Waals surface area (Å²) in [6, 6.07) is 8.81. The fraction of sp³-hybridized carbons (Fsp3) is 0.458. The number of imidazole rings is 1. The summed E-state index contributed by atoms with van der Waals surface area (Å²) in [6.07, 6.45) is 4.75. The molecule has 4 heterocycles. The summed E-state index contributed by atoms with van der Waals surface area (Å²) in [6.45, 7) is 3.54. The van der Waals surface area contributed by atoms with E-state index in [0.29, 0.717) is 43.9 Å². The predicted octanol–water partition coefficient (Wildman–Crippen LogP) is 2.16. The lowest BCUT2D eigenvalue weighted by molar-refractivity contribution is -0.116. The molecule has 0 unspecified atom stereocenters. The smallest absolute Gasteiger partial charge is 0.243 e. The number of fused-ring (bicyclic) bond motifs is 1. The van der Waals surface area contributed by atoms with Gasteiger partial charge in [-0.25, -0.2) is 18.4 Å². The van der Waals surface area contributed by atoms with E-state index in [1.807, 2.05) is 23.7 Å². The lowest BCUT2D eigenvalue weighted by Crippen LogP contribution is -2.40. The van der Waals surface area contributed by atoms with Crippen LogP contribution in [0.5, 0.6) is 0 Å². The van der Waals surface area contributed by atoms with Gasteiger partial charge in [-0.2, -0.15) is 4.31 Å². The van der Waals surface area contributed by atoms with E-state index in [-0.39, 0.29) is 17.2 Å². The molecular weight excluding hydrogens is 468 g/mol. The van der Waals surface area contributed by atoms with Crippen LogP contribution in [-0.4, -0.2) is 72.6 Å². The van der Waals surface area contributed by atoms with Gasteiger partial charge in [-0.3, -0.25) is 4.79 Å². The molecular formula is C24H30N6O4S. The van der Waals surface area contributed by atoms with Gasteiger partial charge in [-0.1, -0.05) is 0 Å². The second-order valence-corrected chi connectivity index (χ2v) is 10.8. The minimum absolute atomic E-state index is 0.122. The first-order valence-corrected chi connectivity index (χ1v) is 13.4. The van der Waals surface area contributed by atoms with Crippen LogP contribution < -0.4 is 10.2 Å². The van der Waals surface area contributed by atoms with Crippen molar-refractivity contribution in [3.8, 4) is 0 Å². The number of anilines is 2. The maximum absolute atomic E-state index is 13.0. The van der Waals surface area contributed by atoms with E-state index in [0.717, 1.165) is 30.2 Å². The van der Waals surface area contributed by atoms with Gasteiger partial charge in [0.1, 0.15) is 11.6 Å². The number of amides is 1. The minimum atomic E-state index is -3.60. The zero-order chi connectivity index (χ0) is 24.4. The Hall–Kier alpha value is -3.02. The normalized spacial score (nSPS) is 17.2. The fourth-order valence-corrected chi connectivity index (χ4v) is 6.02. The summed E-state index contributed by atoms with van der Waals surface area (Å²) in [5.41, 5.74) is 2.09. The van der Waals surface area contributed by atoms with Gasteiger partial charge >= 0.3 is 0 Å². The highest BCUT2D eigenvalue weighted by Crippen LogP contribution is 2.24. The van der Waals surface area contributed by atoms with Gasteiger partial charge in [0.25, 0.3) is 0 Å². The molecule has 2 aliphatic rings. The molecule has 1 N–H and O–H groups in total. The first-order valence-electron chi connectivity index (χ1n) is 12.0. The Balaban J connectivity index is 1.23. The summed E-state index contributed by atoms with van der Waals surface area (Å²) in [5, 5.41) is 2.90. The van der Waals surface area contributed by atoms with Crippen LogP contribution in [0, 0.1) is 0 Å². The number of hydrogen-bond acceptors (Lipinski definition) is 7. The molecule has 0 bridgehead atoms. The summed E-state index contributed by atoms with van der Waals surface area (Å²) in [4.78, 5) is 24.1. The number of nitrogens with one attached hydrogen (secondary N) is 1. The number of morpholine rings is 1. The number of pyridine rings is 1. The van der Waals surface area contributed by atoms with Gasteiger partial charge in [0.2, 0.25) is 15.9 Å². The van der Waals surface area contributed by atoms with Crippen molar-refractivity contribution >= 4 is 38.5 Å². The number of aryl methyl sites for hydroxylation is 2. The average Bonchev–Trinajstić information content (AvgIpc) is 3.52. The molecule has 11 heteroatoms. The Morgan fingerprint density at radius 1 is 1.09 bits per heavy atom. The van der Waals surface area contributed by atoms with Crippen molar-refractivity contribution in [1.82, 2.24) is 18.8 Å². The Bertz CT molecular complexity index is 1310. The first-order chi connectivity index (χ1) is 16.9. The Labute approximate surface area is 205 Å².